The first-order chi connectivity index (χ1) is 9.58. The number of rotatable bonds is 5. The molecule has 0 saturated carbocycles. The lowest BCUT2D eigenvalue weighted by Crippen LogP contribution is -1.92. The number of pyridine rings is 1. The average Bonchev–Trinajstić information content (AvgIpc) is 2.45. The molecule has 1 aromatic rings. The maximum atomic E-state index is 13.5. The van der Waals surface area contributed by atoms with Gasteiger partial charge in [0.05, 0.1) is 0 Å². The van der Waals surface area contributed by atoms with Gasteiger partial charge in [-0.15, -0.1) is 0 Å². The zero-order valence-electron chi connectivity index (χ0n) is 10.9. The van der Waals surface area contributed by atoms with Crippen LogP contribution in [0.2, 0.25) is 0 Å². The smallest absolute Gasteiger partial charge is 0.129 e. The van der Waals surface area contributed by atoms with Crippen molar-refractivity contribution in [2.45, 2.75) is 6.92 Å². The van der Waals surface area contributed by atoms with Crippen molar-refractivity contribution in [2.75, 3.05) is 0 Å². The van der Waals surface area contributed by atoms with E-state index in [2.05, 4.69) is 27.5 Å². The fourth-order valence-electron chi connectivity index (χ4n) is 1.29. The summed E-state index contributed by atoms with van der Waals surface area (Å²) in [6.07, 6.45) is 9.44. The first-order valence-corrected chi connectivity index (χ1v) is 7.43. The van der Waals surface area contributed by atoms with Gasteiger partial charge in [0.25, 0.3) is 0 Å². The number of nitrogens with one attached hydrogen (secondary N) is 1. The lowest BCUT2D eigenvalue weighted by Gasteiger charge is -2.00. The number of halogens is 2. The van der Waals surface area contributed by atoms with E-state index < -0.39 is 5.83 Å². The lowest BCUT2D eigenvalue weighted by atomic mass is 10.2. The van der Waals surface area contributed by atoms with Crippen molar-refractivity contribution in [3.63, 3.8) is 0 Å². The molecule has 1 aromatic heterocycles. The molecule has 1 N–H and O–H groups in total. The molecule has 0 spiro atoms. The van der Waals surface area contributed by atoms with Gasteiger partial charge >= 0.3 is 0 Å². The third-order valence-electron chi connectivity index (χ3n) is 2.20. The van der Waals surface area contributed by atoms with E-state index in [1.165, 1.54) is 11.8 Å². The highest BCUT2D eigenvalue weighted by molar-refractivity contribution is 9.10. The van der Waals surface area contributed by atoms with E-state index >= 15 is 0 Å². The maximum absolute atomic E-state index is 13.5. The standard InChI is InChI=1S/C15H14BrFN2S/c1-3-5-11(14(17)4-2)6-7-20-15(18)12-8-13(16)10-19-9-12/h3-10,18H,2H2,1H3/b5-3-,7-6+,14-11-,18-15?. The van der Waals surface area contributed by atoms with Gasteiger partial charge in [-0.1, -0.05) is 30.5 Å². The Morgan fingerprint density at radius 2 is 2.20 bits per heavy atom. The van der Waals surface area contributed by atoms with Gasteiger partial charge in [-0.3, -0.25) is 10.4 Å². The van der Waals surface area contributed by atoms with Crippen molar-refractivity contribution in [2.24, 2.45) is 0 Å². The number of hydrogen-bond acceptors (Lipinski definition) is 3. The number of nitrogens with zero attached hydrogens (tertiary/aromatic N) is 1. The third-order valence-corrected chi connectivity index (χ3v) is 3.38. The van der Waals surface area contributed by atoms with Crippen LogP contribution in [-0.2, 0) is 0 Å². The maximum Gasteiger partial charge on any atom is 0.129 e. The van der Waals surface area contributed by atoms with Gasteiger partial charge in [-0.2, -0.15) is 0 Å². The molecule has 0 aliphatic heterocycles. The SMILES string of the molecule is C=C/C(F)=C(\C=C/C)/C=C/SC(=N)c1cncc(Br)c1. The number of allylic oxidation sites excluding steroid dienone is 6. The topological polar surface area (TPSA) is 36.7 Å². The molecule has 0 aliphatic carbocycles. The third kappa shape index (κ3) is 5.27. The summed E-state index contributed by atoms with van der Waals surface area (Å²) in [5.74, 6) is -0.393. The molecule has 0 aromatic carbocycles. The van der Waals surface area contributed by atoms with Crippen LogP contribution in [0, 0.1) is 5.41 Å². The summed E-state index contributed by atoms with van der Waals surface area (Å²) in [7, 11) is 0. The van der Waals surface area contributed by atoms with Crippen LogP contribution in [0.25, 0.3) is 0 Å². The van der Waals surface area contributed by atoms with E-state index in [1.54, 1.807) is 36.0 Å². The minimum absolute atomic E-state index is 0.342. The van der Waals surface area contributed by atoms with E-state index in [-0.39, 0.29) is 0 Å². The molecule has 0 aliphatic rings. The van der Waals surface area contributed by atoms with Gasteiger partial charge in [0.1, 0.15) is 10.9 Å². The molecule has 0 saturated heterocycles. The Kier molecular flexibility index (Phi) is 7.18. The average molecular weight is 353 g/mol. The Balaban J connectivity index is 2.78. The first-order valence-electron chi connectivity index (χ1n) is 5.76. The molecule has 2 nitrogen and oxygen atoms in total. The predicted molar refractivity (Wildman–Crippen MR) is 88.6 cm³/mol. The van der Waals surface area contributed by atoms with Gasteiger partial charge in [-0.05, 0) is 46.5 Å². The number of hydrogen-bond donors (Lipinski definition) is 1. The zero-order chi connectivity index (χ0) is 15.0. The van der Waals surface area contributed by atoms with Gasteiger partial charge in [-0.25, -0.2) is 4.39 Å². The number of thioether (sulfide) groups is 1. The van der Waals surface area contributed by atoms with Crippen molar-refractivity contribution in [1.29, 1.82) is 5.41 Å². The first kappa shape index (κ1) is 16.6. The van der Waals surface area contributed by atoms with Crippen LogP contribution in [0.15, 0.2) is 70.6 Å². The summed E-state index contributed by atoms with van der Waals surface area (Å²) in [6.45, 7) is 5.21. The van der Waals surface area contributed by atoms with Crippen LogP contribution in [0.1, 0.15) is 12.5 Å². The van der Waals surface area contributed by atoms with Gasteiger partial charge in [0.2, 0.25) is 0 Å². The van der Waals surface area contributed by atoms with Crippen molar-refractivity contribution in [1.82, 2.24) is 4.98 Å². The fourth-order valence-corrected chi connectivity index (χ4v) is 2.25. The summed E-state index contributed by atoms with van der Waals surface area (Å²) >= 11 is 4.50. The highest BCUT2D eigenvalue weighted by Crippen LogP contribution is 2.18. The summed E-state index contributed by atoms with van der Waals surface area (Å²) < 4.78 is 14.3. The molecule has 20 heavy (non-hydrogen) atoms. The Bertz CT molecular complexity index is 591. The molecular formula is C15H14BrFN2S. The van der Waals surface area contributed by atoms with E-state index in [4.69, 9.17) is 5.41 Å². The van der Waals surface area contributed by atoms with E-state index in [0.717, 1.165) is 10.5 Å². The summed E-state index contributed by atoms with van der Waals surface area (Å²) in [4.78, 5) is 4.00. The summed E-state index contributed by atoms with van der Waals surface area (Å²) in [5, 5.41) is 9.94. The largest absolute Gasteiger partial charge is 0.293 e. The second-order valence-electron chi connectivity index (χ2n) is 3.65. The Morgan fingerprint density at radius 1 is 1.45 bits per heavy atom. The second kappa shape index (κ2) is 8.66. The van der Waals surface area contributed by atoms with Crippen molar-refractivity contribution < 1.29 is 4.39 Å². The van der Waals surface area contributed by atoms with Crippen LogP contribution >= 0.6 is 27.7 Å². The van der Waals surface area contributed by atoms with Crippen LogP contribution < -0.4 is 0 Å². The molecule has 0 bridgehead atoms. The molecule has 0 unspecified atom stereocenters. The summed E-state index contributed by atoms with van der Waals surface area (Å²) in [5.41, 5.74) is 1.13. The van der Waals surface area contributed by atoms with Gasteiger partial charge < -0.3 is 0 Å². The minimum Gasteiger partial charge on any atom is -0.293 e. The van der Waals surface area contributed by atoms with Gasteiger partial charge in [0, 0.05) is 28.0 Å². The Morgan fingerprint density at radius 3 is 2.80 bits per heavy atom. The predicted octanol–water partition coefficient (Wildman–Crippen LogP) is 5.40. The Labute approximate surface area is 130 Å². The fraction of sp³-hybridized carbons (Fsp3) is 0.0667. The molecule has 0 atom stereocenters. The minimum atomic E-state index is -0.393. The van der Waals surface area contributed by atoms with E-state index in [0.29, 0.717) is 16.2 Å². The molecule has 5 heteroatoms. The van der Waals surface area contributed by atoms with Crippen LogP contribution in [0.5, 0.6) is 0 Å². The van der Waals surface area contributed by atoms with Crippen molar-refractivity contribution in [3.05, 3.63) is 76.2 Å². The van der Waals surface area contributed by atoms with Crippen LogP contribution in [0.4, 0.5) is 4.39 Å². The van der Waals surface area contributed by atoms with Crippen molar-refractivity contribution in [3.8, 4) is 0 Å². The monoisotopic (exact) mass is 352 g/mol. The van der Waals surface area contributed by atoms with Gasteiger partial charge in [0.15, 0.2) is 0 Å². The normalized spacial score (nSPS) is 12.8. The quantitative estimate of drug-likeness (QED) is 0.437. The van der Waals surface area contributed by atoms with Crippen molar-refractivity contribution >= 4 is 32.7 Å². The highest BCUT2D eigenvalue weighted by atomic mass is 79.9. The van der Waals surface area contributed by atoms with E-state index in [1.807, 2.05) is 13.0 Å². The lowest BCUT2D eigenvalue weighted by molar-refractivity contribution is 0.662. The molecule has 0 fully saturated rings. The van der Waals surface area contributed by atoms with Crippen LogP contribution in [-0.4, -0.2) is 10.0 Å². The van der Waals surface area contributed by atoms with E-state index in [9.17, 15) is 4.39 Å². The highest BCUT2D eigenvalue weighted by Gasteiger charge is 2.02. The Hall–Kier alpha value is -1.46. The molecular weight excluding hydrogens is 339 g/mol. The molecule has 1 rings (SSSR count). The summed E-state index contributed by atoms with van der Waals surface area (Å²) in [6, 6.07) is 1.81. The zero-order valence-corrected chi connectivity index (χ0v) is 13.3. The molecule has 104 valence electrons. The second-order valence-corrected chi connectivity index (χ2v) is 5.48. The van der Waals surface area contributed by atoms with Crippen LogP contribution in [0.3, 0.4) is 0 Å². The molecule has 0 radical (unpaired) electrons. The molecule has 1 heterocycles. The molecule has 0 amide bonds. The number of aromatic nitrogens is 1.